The van der Waals surface area contributed by atoms with E-state index >= 15 is 0 Å². The summed E-state index contributed by atoms with van der Waals surface area (Å²) in [5, 5.41) is 0. The van der Waals surface area contributed by atoms with Gasteiger partial charge in [-0.3, -0.25) is 0 Å². The summed E-state index contributed by atoms with van der Waals surface area (Å²) in [6, 6.07) is 12.0. The van der Waals surface area contributed by atoms with Gasteiger partial charge in [0.05, 0.1) is 11.4 Å². The van der Waals surface area contributed by atoms with Crippen LogP contribution in [-0.2, 0) is 0 Å². The summed E-state index contributed by atoms with van der Waals surface area (Å²) in [6.07, 6.45) is 8.55. The van der Waals surface area contributed by atoms with E-state index < -0.39 is 7.69 Å². The Labute approximate surface area is 154 Å². The third kappa shape index (κ3) is 3.78. The van der Waals surface area contributed by atoms with E-state index in [9.17, 15) is 4.32 Å². The fraction of sp³-hybridized carbons (Fsp3) is 0.190. The molecule has 0 atom stereocenters. The molecule has 1 aromatic carbocycles. The van der Waals surface area contributed by atoms with Crippen LogP contribution in [0.5, 0.6) is 0 Å². The molecule has 0 fully saturated rings. The highest BCUT2D eigenvalue weighted by Crippen LogP contribution is 2.31. The van der Waals surface area contributed by atoms with Crippen molar-refractivity contribution >= 4 is 25.1 Å². The summed E-state index contributed by atoms with van der Waals surface area (Å²) < 4.78 is 14.9. The maximum Gasteiger partial charge on any atom is 0.448 e. The SMILES string of the molecule is CC1=CC(/C=C/c2ccccc2C)=NC/1=C(/CCN)c1cccn1BF. The van der Waals surface area contributed by atoms with Crippen LogP contribution in [0.25, 0.3) is 11.6 Å². The molecule has 0 radical (unpaired) electrons. The summed E-state index contributed by atoms with van der Waals surface area (Å²) in [6.45, 7) is 4.62. The molecule has 0 saturated heterocycles. The lowest BCUT2D eigenvalue weighted by Crippen LogP contribution is -2.08. The van der Waals surface area contributed by atoms with Crippen LogP contribution in [0.15, 0.2) is 71.0 Å². The lowest BCUT2D eigenvalue weighted by Gasteiger charge is -2.12. The number of aliphatic imine (C=N–C) groups is 1. The van der Waals surface area contributed by atoms with Gasteiger partial charge in [0, 0.05) is 11.3 Å². The molecule has 0 aliphatic carbocycles. The number of benzene rings is 1. The first-order chi connectivity index (χ1) is 12.6. The molecule has 5 heteroatoms. The van der Waals surface area contributed by atoms with Crippen LogP contribution in [0.4, 0.5) is 4.32 Å². The maximum absolute atomic E-state index is 13.3. The van der Waals surface area contributed by atoms with E-state index in [0.717, 1.165) is 28.2 Å². The molecule has 1 aromatic heterocycles. The number of halogens is 1. The van der Waals surface area contributed by atoms with Crippen molar-refractivity contribution in [3.63, 3.8) is 0 Å². The van der Waals surface area contributed by atoms with Crippen molar-refractivity contribution in [1.29, 1.82) is 0 Å². The molecule has 132 valence electrons. The first-order valence-electron chi connectivity index (χ1n) is 8.80. The van der Waals surface area contributed by atoms with Crippen LogP contribution in [0.2, 0.25) is 0 Å². The molecule has 0 saturated carbocycles. The summed E-state index contributed by atoms with van der Waals surface area (Å²) in [5.41, 5.74) is 12.9. The van der Waals surface area contributed by atoms with Crippen molar-refractivity contribution in [2.75, 3.05) is 6.54 Å². The van der Waals surface area contributed by atoms with E-state index in [4.69, 9.17) is 10.7 Å². The van der Waals surface area contributed by atoms with Gasteiger partial charge in [-0.2, -0.15) is 0 Å². The van der Waals surface area contributed by atoms with Gasteiger partial charge in [0.1, 0.15) is 0 Å². The first kappa shape index (κ1) is 18.1. The Morgan fingerprint density at radius 1 is 1.19 bits per heavy atom. The van der Waals surface area contributed by atoms with E-state index in [1.807, 2.05) is 37.3 Å². The van der Waals surface area contributed by atoms with E-state index in [-0.39, 0.29) is 0 Å². The van der Waals surface area contributed by atoms with Gasteiger partial charge in [0.25, 0.3) is 0 Å². The number of nitrogens with two attached hydrogens (primary N) is 1. The second-order valence-electron chi connectivity index (χ2n) is 6.40. The van der Waals surface area contributed by atoms with Gasteiger partial charge in [-0.1, -0.05) is 30.3 Å². The van der Waals surface area contributed by atoms with E-state index in [2.05, 4.69) is 31.2 Å². The summed E-state index contributed by atoms with van der Waals surface area (Å²) in [4.78, 5) is 4.79. The van der Waals surface area contributed by atoms with Crippen LogP contribution >= 0.6 is 0 Å². The number of nitrogens with zero attached hydrogens (tertiary/aromatic N) is 2. The normalized spacial score (nSPS) is 16.0. The predicted octanol–water partition coefficient (Wildman–Crippen LogP) is 4.05. The summed E-state index contributed by atoms with van der Waals surface area (Å²) in [5.74, 6) is 0. The Morgan fingerprint density at radius 2 is 2.00 bits per heavy atom. The Bertz CT molecular complexity index is 919. The number of hydrogen-bond donors (Lipinski definition) is 1. The Kier molecular flexibility index (Phi) is 5.69. The number of hydrogen-bond acceptors (Lipinski definition) is 2. The fourth-order valence-electron chi connectivity index (χ4n) is 3.18. The summed E-state index contributed by atoms with van der Waals surface area (Å²) in [7, 11) is -0.559. The molecule has 26 heavy (non-hydrogen) atoms. The molecule has 3 nitrogen and oxygen atoms in total. The second-order valence-corrected chi connectivity index (χ2v) is 6.40. The monoisotopic (exact) mass is 347 g/mol. The van der Waals surface area contributed by atoms with E-state index in [1.165, 1.54) is 11.1 Å². The van der Waals surface area contributed by atoms with Gasteiger partial charge in [0.2, 0.25) is 0 Å². The van der Waals surface area contributed by atoms with Crippen molar-refractivity contribution in [3.05, 3.63) is 82.8 Å². The van der Waals surface area contributed by atoms with Gasteiger partial charge in [0.15, 0.2) is 0 Å². The van der Waals surface area contributed by atoms with Crippen molar-refractivity contribution in [2.24, 2.45) is 10.7 Å². The molecule has 1 aliphatic heterocycles. The minimum Gasteiger partial charge on any atom is -0.365 e. The van der Waals surface area contributed by atoms with E-state index in [1.54, 1.807) is 10.7 Å². The molecule has 0 unspecified atom stereocenters. The van der Waals surface area contributed by atoms with Crippen molar-refractivity contribution in [1.82, 2.24) is 4.48 Å². The molecular weight excluding hydrogens is 324 g/mol. The highest BCUT2D eigenvalue weighted by molar-refractivity contribution is 6.25. The van der Waals surface area contributed by atoms with Crippen LogP contribution in [-0.4, -0.2) is 24.4 Å². The maximum atomic E-state index is 13.3. The van der Waals surface area contributed by atoms with Gasteiger partial charge in [-0.15, -0.1) is 0 Å². The number of rotatable bonds is 6. The summed E-state index contributed by atoms with van der Waals surface area (Å²) >= 11 is 0. The second kappa shape index (κ2) is 8.15. The Morgan fingerprint density at radius 3 is 2.73 bits per heavy atom. The minimum absolute atomic E-state index is 0.494. The third-order valence-electron chi connectivity index (χ3n) is 4.55. The molecule has 2 N–H and O–H groups in total. The van der Waals surface area contributed by atoms with Gasteiger partial charge >= 0.3 is 7.69 Å². The van der Waals surface area contributed by atoms with Crippen molar-refractivity contribution in [3.8, 4) is 0 Å². The quantitative estimate of drug-likeness (QED) is 0.787. The zero-order chi connectivity index (χ0) is 18.5. The Balaban J connectivity index is 1.98. The number of aromatic nitrogens is 1. The number of aryl methyl sites for hydroxylation is 1. The zero-order valence-corrected chi connectivity index (χ0v) is 15.2. The molecule has 2 aromatic rings. The molecule has 3 rings (SSSR count). The predicted molar refractivity (Wildman–Crippen MR) is 110 cm³/mol. The van der Waals surface area contributed by atoms with Gasteiger partial charge in [-0.25, -0.2) is 4.99 Å². The molecule has 2 heterocycles. The fourth-order valence-corrected chi connectivity index (χ4v) is 3.18. The third-order valence-corrected chi connectivity index (χ3v) is 4.55. The highest BCUT2D eigenvalue weighted by atomic mass is 19.1. The lowest BCUT2D eigenvalue weighted by molar-refractivity contribution is 0.830. The molecule has 1 aliphatic rings. The van der Waals surface area contributed by atoms with Crippen LogP contribution in [0.3, 0.4) is 0 Å². The standard InChI is InChI=1S/C21H23BFN3/c1-15-6-3-4-7-17(15)9-10-18-14-16(2)21(25-18)19(11-12-24)20-8-5-13-26(20)22-23/h3-10,13-14,22H,11-12,24H2,1-2H3/b10-9+,21-19-. The molecular formula is C21H23BFN3. The smallest absolute Gasteiger partial charge is 0.365 e. The average molecular weight is 347 g/mol. The zero-order valence-electron chi connectivity index (χ0n) is 15.2. The van der Waals surface area contributed by atoms with E-state index in [0.29, 0.717) is 13.0 Å². The topological polar surface area (TPSA) is 43.3 Å². The van der Waals surface area contributed by atoms with Gasteiger partial charge in [-0.05, 0) is 74.0 Å². The lowest BCUT2D eigenvalue weighted by atomic mass is 10.0. The van der Waals surface area contributed by atoms with Crippen molar-refractivity contribution < 1.29 is 4.32 Å². The minimum atomic E-state index is -0.559. The largest absolute Gasteiger partial charge is 0.448 e. The number of allylic oxidation sites excluding steroid dienone is 3. The molecule has 0 bridgehead atoms. The van der Waals surface area contributed by atoms with Crippen LogP contribution in [0.1, 0.15) is 30.2 Å². The highest BCUT2D eigenvalue weighted by Gasteiger charge is 2.18. The van der Waals surface area contributed by atoms with Crippen LogP contribution in [0, 0.1) is 6.92 Å². The van der Waals surface area contributed by atoms with Crippen LogP contribution < -0.4 is 5.73 Å². The first-order valence-corrected chi connectivity index (χ1v) is 8.80. The van der Waals surface area contributed by atoms with Gasteiger partial charge < -0.3 is 14.5 Å². The molecule has 0 spiro atoms. The van der Waals surface area contributed by atoms with Crippen molar-refractivity contribution in [2.45, 2.75) is 20.3 Å². The molecule has 0 amide bonds. The average Bonchev–Trinajstić information content (AvgIpc) is 3.25. The Hall–Kier alpha value is -2.66.